The maximum atomic E-state index is 11.4. The zero-order valence-corrected chi connectivity index (χ0v) is 13.1. The highest BCUT2D eigenvalue weighted by Crippen LogP contribution is 2.36. The molecule has 0 amide bonds. The lowest BCUT2D eigenvalue weighted by atomic mass is 9.98. The van der Waals surface area contributed by atoms with Gasteiger partial charge in [0.2, 0.25) is 0 Å². The van der Waals surface area contributed by atoms with Crippen molar-refractivity contribution in [3.05, 3.63) is 39.5 Å². The van der Waals surface area contributed by atoms with Crippen LogP contribution >= 0.6 is 11.3 Å². The predicted octanol–water partition coefficient (Wildman–Crippen LogP) is 4.39. The Bertz CT molecular complexity index is 635. The smallest absolute Gasteiger partial charge is 0.356 e. The van der Waals surface area contributed by atoms with Crippen molar-refractivity contribution < 1.29 is 9.90 Å². The number of aromatic carboxylic acids is 1. The van der Waals surface area contributed by atoms with Crippen molar-refractivity contribution in [1.29, 1.82) is 0 Å². The summed E-state index contributed by atoms with van der Waals surface area (Å²) >= 11 is 1.51. The quantitative estimate of drug-likeness (QED) is 0.908. The summed E-state index contributed by atoms with van der Waals surface area (Å²) in [5.74, 6) is -0.946. The Morgan fingerprint density at radius 1 is 1.25 bits per heavy atom. The van der Waals surface area contributed by atoms with Crippen molar-refractivity contribution in [1.82, 2.24) is 4.98 Å². The molecule has 0 unspecified atom stereocenters. The fourth-order valence-corrected chi connectivity index (χ4v) is 3.87. The fraction of sp³-hybridized carbons (Fsp3) is 0.375. The molecule has 2 aromatic rings. The molecule has 1 aromatic heterocycles. The van der Waals surface area contributed by atoms with Gasteiger partial charge in [0.15, 0.2) is 5.69 Å². The molecule has 1 N–H and O–H groups in total. The van der Waals surface area contributed by atoms with Gasteiger partial charge in [-0.2, -0.15) is 0 Å². The van der Waals surface area contributed by atoms with Crippen molar-refractivity contribution in [3.8, 4) is 10.4 Å². The Kier molecular flexibility index (Phi) is 4.23. The van der Waals surface area contributed by atoms with Gasteiger partial charge in [-0.1, -0.05) is 24.6 Å². The monoisotopic (exact) mass is 289 g/mol. The number of carboxylic acids is 1. The average Bonchev–Trinajstić information content (AvgIpc) is 2.72. The summed E-state index contributed by atoms with van der Waals surface area (Å²) in [6.45, 7) is 8.18. The van der Waals surface area contributed by atoms with Crippen LogP contribution in [0.25, 0.3) is 10.4 Å². The Labute approximate surface area is 123 Å². The van der Waals surface area contributed by atoms with Crippen LogP contribution in [0.2, 0.25) is 0 Å². The highest BCUT2D eigenvalue weighted by atomic mass is 32.1. The van der Waals surface area contributed by atoms with Crippen molar-refractivity contribution in [2.75, 3.05) is 0 Å². The third kappa shape index (κ3) is 2.75. The summed E-state index contributed by atoms with van der Waals surface area (Å²) in [5.41, 5.74) is 4.62. The van der Waals surface area contributed by atoms with E-state index in [1.54, 1.807) is 0 Å². The summed E-state index contributed by atoms with van der Waals surface area (Å²) in [6, 6.07) is 4.18. The number of hydrogen-bond acceptors (Lipinski definition) is 3. The number of rotatable bonds is 4. The molecular weight excluding hydrogens is 270 g/mol. The number of benzene rings is 1. The molecule has 0 atom stereocenters. The lowest BCUT2D eigenvalue weighted by Crippen LogP contribution is -2.01. The Hall–Kier alpha value is -1.68. The number of hydrogen-bond donors (Lipinski definition) is 1. The predicted molar refractivity (Wildman–Crippen MR) is 82.7 cm³/mol. The summed E-state index contributed by atoms with van der Waals surface area (Å²) < 4.78 is 0. The van der Waals surface area contributed by atoms with Crippen LogP contribution < -0.4 is 0 Å². The number of carboxylic acid groups (broad SMARTS) is 1. The largest absolute Gasteiger partial charge is 0.476 e. The minimum atomic E-state index is -0.946. The van der Waals surface area contributed by atoms with Crippen LogP contribution in [-0.4, -0.2) is 16.1 Å². The molecule has 0 aliphatic heterocycles. The lowest BCUT2D eigenvalue weighted by molar-refractivity contribution is 0.0692. The van der Waals surface area contributed by atoms with Gasteiger partial charge in [0, 0.05) is 5.56 Å². The van der Waals surface area contributed by atoms with Crippen LogP contribution in [0.15, 0.2) is 12.1 Å². The number of aryl methyl sites for hydroxylation is 4. The van der Waals surface area contributed by atoms with Gasteiger partial charge in [-0.25, -0.2) is 9.78 Å². The molecule has 4 heteroatoms. The molecule has 0 radical (unpaired) electrons. The minimum Gasteiger partial charge on any atom is -0.476 e. The summed E-state index contributed by atoms with van der Waals surface area (Å²) in [7, 11) is 0. The van der Waals surface area contributed by atoms with Crippen LogP contribution in [0.4, 0.5) is 0 Å². The zero-order chi connectivity index (χ0) is 14.9. The highest BCUT2D eigenvalue weighted by Gasteiger charge is 2.21. The first kappa shape index (κ1) is 14.7. The topological polar surface area (TPSA) is 50.2 Å². The molecule has 2 rings (SSSR count). The molecule has 0 saturated carbocycles. The van der Waals surface area contributed by atoms with Crippen LogP contribution in [0.5, 0.6) is 0 Å². The number of nitrogens with zero attached hydrogens (tertiary/aromatic N) is 1. The first-order valence-corrected chi connectivity index (χ1v) is 7.57. The van der Waals surface area contributed by atoms with Gasteiger partial charge in [-0.05, 0) is 44.7 Å². The minimum absolute atomic E-state index is 0.188. The van der Waals surface area contributed by atoms with Gasteiger partial charge in [-0.15, -0.1) is 11.3 Å². The van der Waals surface area contributed by atoms with Gasteiger partial charge in [0.25, 0.3) is 0 Å². The maximum Gasteiger partial charge on any atom is 0.356 e. The average molecular weight is 289 g/mol. The van der Waals surface area contributed by atoms with Gasteiger partial charge in [-0.3, -0.25) is 0 Å². The van der Waals surface area contributed by atoms with E-state index in [0.29, 0.717) is 0 Å². The Morgan fingerprint density at radius 3 is 2.35 bits per heavy atom. The molecule has 0 saturated heterocycles. The fourth-order valence-electron chi connectivity index (χ4n) is 2.54. The van der Waals surface area contributed by atoms with E-state index in [0.717, 1.165) is 39.4 Å². The highest BCUT2D eigenvalue weighted by molar-refractivity contribution is 7.15. The maximum absolute atomic E-state index is 11.4. The van der Waals surface area contributed by atoms with Crippen LogP contribution in [0.3, 0.4) is 0 Å². The van der Waals surface area contributed by atoms with E-state index in [1.165, 1.54) is 16.9 Å². The number of carbonyl (C=O) groups is 1. The molecule has 0 aliphatic carbocycles. The molecule has 0 fully saturated rings. The van der Waals surface area contributed by atoms with E-state index in [9.17, 15) is 9.90 Å². The van der Waals surface area contributed by atoms with Crippen molar-refractivity contribution >= 4 is 17.3 Å². The normalized spacial score (nSPS) is 10.8. The van der Waals surface area contributed by atoms with E-state index >= 15 is 0 Å². The summed E-state index contributed by atoms with van der Waals surface area (Å²) in [5, 5.41) is 10.3. The first-order chi connectivity index (χ1) is 9.43. The lowest BCUT2D eigenvalue weighted by Gasteiger charge is -2.10. The van der Waals surface area contributed by atoms with E-state index in [-0.39, 0.29) is 5.69 Å². The Balaban J connectivity index is 2.65. The molecule has 1 aromatic carbocycles. The standard InChI is InChI=1S/C16H19NO2S/c1-5-6-12-17-14(16(18)19)15(20-12)13-10(3)7-9(2)8-11(13)4/h7-8H,5-6H2,1-4H3,(H,18,19). The first-order valence-electron chi connectivity index (χ1n) is 6.75. The van der Waals surface area contributed by atoms with Gasteiger partial charge in [0.05, 0.1) is 9.88 Å². The second-order valence-electron chi connectivity index (χ2n) is 5.11. The van der Waals surface area contributed by atoms with Crippen LogP contribution in [0, 0.1) is 20.8 Å². The van der Waals surface area contributed by atoms with Crippen LogP contribution in [-0.2, 0) is 6.42 Å². The molecule has 0 aliphatic rings. The number of thiazole rings is 1. The summed E-state index contributed by atoms with van der Waals surface area (Å²) in [6.07, 6.45) is 1.80. The van der Waals surface area contributed by atoms with E-state index in [1.807, 2.05) is 13.8 Å². The van der Waals surface area contributed by atoms with E-state index in [2.05, 4.69) is 31.0 Å². The SMILES string of the molecule is CCCc1nc(C(=O)O)c(-c2c(C)cc(C)cc2C)s1. The molecule has 106 valence electrons. The van der Waals surface area contributed by atoms with Crippen molar-refractivity contribution in [2.45, 2.75) is 40.5 Å². The number of aromatic nitrogens is 1. The Morgan fingerprint density at radius 2 is 1.85 bits per heavy atom. The summed E-state index contributed by atoms with van der Waals surface area (Å²) in [4.78, 5) is 16.5. The van der Waals surface area contributed by atoms with Crippen LogP contribution in [0.1, 0.15) is 45.5 Å². The second kappa shape index (κ2) is 5.75. The molecular formula is C16H19NO2S. The van der Waals surface area contributed by atoms with Gasteiger partial charge >= 0.3 is 5.97 Å². The van der Waals surface area contributed by atoms with Gasteiger partial charge < -0.3 is 5.11 Å². The molecule has 3 nitrogen and oxygen atoms in total. The van der Waals surface area contributed by atoms with Crippen molar-refractivity contribution in [3.63, 3.8) is 0 Å². The third-order valence-corrected chi connectivity index (χ3v) is 4.37. The third-order valence-electron chi connectivity index (χ3n) is 3.24. The van der Waals surface area contributed by atoms with E-state index in [4.69, 9.17) is 0 Å². The molecule has 20 heavy (non-hydrogen) atoms. The molecule has 1 heterocycles. The zero-order valence-electron chi connectivity index (χ0n) is 12.3. The van der Waals surface area contributed by atoms with Gasteiger partial charge in [0.1, 0.15) is 0 Å². The molecule has 0 bridgehead atoms. The van der Waals surface area contributed by atoms with Crippen molar-refractivity contribution in [2.24, 2.45) is 0 Å². The molecule has 0 spiro atoms. The second-order valence-corrected chi connectivity index (χ2v) is 6.20. The van der Waals surface area contributed by atoms with E-state index < -0.39 is 5.97 Å².